The molecule has 4 bridgehead atoms. The maximum Gasteiger partial charge on any atom is 0.343 e. The summed E-state index contributed by atoms with van der Waals surface area (Å²) in [7, 11) is 0. The van der Waals surface area contributed by atoms with E-state index < -0.39 is 60.4 Å². The molecule has 11 atom stereocenters. The fourth-order valence-electron chi connectivity index (χ4n) is 12.1. The first-order valence-corrected chi connectivity index (χ1v) is 21.4. The van der Waals surface area contributed by atoms with Crippen molar-refractivity contribution in [2.75, 3.05) is 58.0 Å². The third kappa shape index (κ3) is 7.56. The first-order chi connectivity index (χ1) is 28.7. The van der Waals surface area contributed by atoms with Gasteiger partial charge in [0.05, 0.1) is 43.8 Å². The standard InChI is InChI=1S/C44H58N4O12/c1-42-11-10-33(60-41-39(55)38(54)37(53)30(20-49)59-41)43(2,21-50)31(42)9-12-44(22-57-44)32(42)8-5-25-14-29(58-40(25)56)13-24-3-6-28(7-4-24)45-34(51)15-35(52)46-36-26-16-47-18-27(36)19-48(17-26)23-47/h3-8,13-14,26-27,30-33,36-39,41,49-50,53-55H,9-12,15-23H2,1-2H3,(H,45,51)(H,46,52)/b8-5+,29-13+/t26?,27?,30?,31?,32?,33-,36?,37?,38?,39?,41?,42+,43+,44?/m1/s1. The number of nitrogens with zero attached hydrogens (tertiary/aromatic N) is 2. The van der Waals surface area contributed by atoms with Crippen molar-refractivity contribution in [2.24, 2.45) is 34.5 Å². The Hall–Kier alpha value is -3.55. The lowest BCUT2D eigenvalue weighted by atomic mass is 9.45. The number of epoxide rings is 1. The van der Waals surface area contributed by atoms with Crippen molar-refractivity contribution < 1.29 is 58.9 Å². The topological polar surface area (TPSA) is 223 Å². The van der Waals surface area contributed by atoms with Crippen molar-refractivity contribution in [3.05, 3.63) is 59.4 Å². The zero-order chi connectivity index (χ0) is 42.1. The molecular weight excluding hydrogens is 776 g/mol. The highest BCUT2D eigenvalue weighted by atomic mass is 16.7. The normalized spacial score (nSPS) is 44.8. The van der Waals surface area contributed by atoms with Crippen LogP contribution in [0.25, 0.3) is 6.08 Å². The second kappa shape index (κ2) is 16.0. The largest absolute Gasteiger partial charge is 0.423 e. The Labute approximate surface area is 349 Å². The van der Waals surface area contributed by atoms with Gasteiger partial charge in [0.15, 0.2) is 6.29 Å². The van der Waals surface area contributed by atoms with Gasteiger partial charge in [0.1, 0.15) is 36.6 Å². The molecule has 16 nitrogen and oxygen atoms in total. The number of aliphatic hydroxyl groups excluding tert-OH is 5. The predicted molar refractivity (Wildman–Crippen MR) is 214 cm³/mol. The summed E-state index contributed by atoms with van der Waals surface area (Å²) in [5, 5.41) is 58.0. The molecule has 1 spiro atoms. The number of esters is 1. The number of rotatable bonds is 11. The number of allylic oxidation sites excluding steroid dienone is 1. The molecule has 2 aliphatic carbocycles. The van der Waals surface area contributed by atoms with E-state index in [4.69, 9.17) is 18.9 Å². The molecule has 16 heteroatoms. The maximum absolute atomic E-state index is 13.1. The molecule has 2 saturated carbocycles. The molecule has 2 amide bonds. The van der Waals surface area contributed by atoms with Crippen molar-refractivity contribution in [3.63, 3.8) is 0 Å². The minimum Gasteiger partial charge on any atom is -0.423 e. The van der Waals surface area contributed by atoms with Crippen LogP contribution in [0.1, 0.15) is 51.5 Å². The smallest absolute Gasteiger partial charge is 0.343 e. The van der Waals surface area contributed by atoms with E-state index in [2.05, 4.69) is 27.4 Å². The molecule has 60 heavy (non-hydrogen) atoms. The number of hydrogen-bond donors (Lipinski definition) is 7. The summed E-state index contributed by atoms with van der Waals surface area (Å²) in [4.78, 5) is 43.6. The van der Waals surface area contributed by atoms with Crippen molar-refractivity contribution in [1.29, 1.82) is 0 Å². The van der Waals surface area contributed by atoms with Gasteiger partial charge < -0.3 is 55.1 Å². The first kappa shape index (κ1) is 41.8. The van der Waals surface area contributed by atoms with E-state index in [-0.39, 0.29) is 48.1 Å². The number of fused-ring (bicyclic) bond motifs is 1. The second-order valence-corrected chi connectivity index (χ2v) is 19.0. The zero-order valence-corrected chi connectivity index (χ0v) is 34.2. The molecule has 8 fully saturated rings. The molecule has 326 valence electrons. The Balaban J connectivity index is 0.829. The highest BCUT2D eigenvalue weighted by molar-refractivity contribution is 6.03. The minimum atomic E-state index is -1.57. The second-order valence-electron chi connectivity index (χ2n) is 19.0. The molecule has 8 unspecified atom stereocenters. The molecule has 7 aliphatic heterocycles. The van der Waals surface area contributed by atoms with Crippen LogP contribution in [0, 0.1) is 34.5 Å². The van der Waals surface area contributed by atoms with Crippen LogP contribution in [0.4, 0.5) is 5.69 Å². The highest BCUT2D eigenvalue weighted by Gasteiger charge is 2.67. The van der Waals surface area contributed by atoms with Gasteiger partial charge in [-0.05, 0) is 66.9 Å². The van der Waals surface area contributed by atoms with Gasteiger partial charge in [0, 0.05) is 61.1 Å². The molecule has 1 aromatic carbocycles. The average molecular weight is 835 g/mol. The molecule has 6 saturated heterocycles. The Kier molecular flexibility index (Phi) is 11.1. The predicted octanol–water partition coefficient (Wildman–Crippen LogP) is 0.494. The number of benzene rings is 1. The average Bonchev–Trinajstić information content (AvgIpc) is 3.90. The van der Waals surface area contributed by atoms with Gasteiger partial charge in [0.25, 0.3) is 0 Å². The molecular formula is C44H58N4O12. The number of hydrogen-bond acceptors (Lipinski definition) is 14. The van der Waals surface area contributed by atoms with E-state index in [1.807, 2.05) is 13.0 Å². The minimum absolute atomic E-state index is 0.0586. The van der Waals surface area contributed by atoms with Gasteiger partial charge in [-0.1, -0.05) is 38.1 Å². The Morgan fingerprint density at radius 1 is 0.950 bits per heavy atom. The number of ether oxygens (including phenoxy) is 4. The van der Waals surface area contributed by atoms with Crippen LogP contribution < -0.4 is 10.6 Å². The van der Waals surface area contributed by atoms with Crippen LogP contribution in [0.2, 0.25) is 0 Å². The van der Waals surface area contributed by atoms with Gasteiger partial charge in [-0.25, -0.2) is 4.79 Å². The van der Waals surface area contributed by atoms with Crippen LogP contribution in [-0.2, 0) is 33.3 Å². The van der Waals surface area contributed by atoms with E-state index in [0.29, 0.717) is 48.3 Å². The molecule has 1 aromatic rings. The summed E-state index contributed by atoms with van der Waals surface area (Å²) < 4.78 is 23.8. The van der Waals surface area contributed by atoms with Gasteiger partial charge in [-0.2, -0.15) is 0 Å². The number of aliphatic hydroxyl groups is 5. The van der Waals surface area contributed by atoms with E-state index in [9.17, 15) is 39.9 Å². The van der Waals surface area contributed by atoms with Crippen LogP contribution in [0.5, 0.6) is 0 Å². The van der Waals surface area contributed by atoms with Crippen molar-refractivity contribution >= 4 is 29.5 Å². The molecule has 0 aromatic heterocycles. The molecule has 7 heterocycles. The number of piperidine rings is 2. The fourth-order valence-corrected chi connectivity index (χ4v) is 12.1. The van der Waals surface area contributed by atoms with E-state index in [1.54, 1.807) is 42.5 Å². The van der Waals surface area contributed by atoms with Crippen molar-refractivity contribution in [3.8, 4) is 0 Å². The third-order valence-corrected chi connectivity index (χ3v) is 15.2. The summed E-state index contributed by atoms with van der Waals surface area (Å²) in [5.41, 5.74) is 0.147. The lowest BCUT2D eigenvalue weighted by Crippen LogP contribution is -2.71. The van der Waals surface area contributed by atoms with Gasteiger partial charge in [-0.15, -0.1) is 0 Å². The van der Waals surface area contributed by atoms with Gasteiger partial charge in [-0.3, -0.25) is 19.4 Å². The molecule has 10 rings (SSSR count). The summed E-state index contributed by atoms with van der Waals surface area (Å²) in [6.07, 6.45) is 2.08. The molecule has 9 aliphatic rings. The summed E-state index contributed by atoms with van der Waals surface area (Å²) in [6.45, 7) is 8.93. The third-order valence-electron chi connectivity index (χ3n) is 15.2. The Morgan fingerprint density at radius 3 is 2.30 bits per heavy atom. The SMILES string of the molecule is C[C@]12CC[C@@H](OC3OC(CO)C(O)C(O)C3O)[C@@](C)(CO)C1CCC1(CO1)C2/C=C/C1=CC(=C\c2ccc(NC(=O)CC(=O)NC3C4CN5CC3CN(C4)C5)cc2)/OC1=O. The van der Waals surface area contributed by atoms with E-state index >= 15 is 0 Å². The molecule has 0 radical (unpaired) electrons. The van der Waals surface area contributed by atoms with Crippen LogP contribution in [0.3, 0.4) is 0 Å². The van der Waals surface area contributed by atoms with Crippen LogP contribution in [0.15, 0.2) is 53.8 Å². The van der Waals surface area contributed by atoms with E-state index in [1.165, 1.54) is 0 Å². The number of cyclic esters (lactones) is 1. The zero-order valence-electron chi connectivity index (χ0n) is 34.2. The lowest BCUT2D eigenvalue weighted by molar-refractivity contribution is -0.330. The van der Waals surface area contributed by atoms with Crippen molar-refractivity contribution in [1.82, 2.24) is 15.1 Å². The number of nitrogens with one attached hydrogen (secondary N) is 2. The lowest BCUT2D eigenvalue weighted by Gasteiger charge is -2.61. The Bertz CT molecular complexity index is 1900. The number of carbonyl (C=O) groups is 3. The quantitative estimate of drug-likeness (QED) is 0.0699. The number of carbonyl (C=O) groups excluding carboxylic acids is 3. The maximum atomic E-state index is 13.1. The summed E-state index contributed by atoms with van der Waals surface area (Å²) in [5.74, 6) is -0.124. The van der Waals surface area contributed by atoms with Crippen LogP contribution in [-0.4, -0.2) is 154 Å². The first-order valence-electron chi connectivity index (χ1n) is 21.4. The molecule has 7 N–H and O–H groups in total. The number of anilines is 1. The monoisotopic (exact) mass is 834 g/mol. The summed E-state index contributed by atoms with van der Waals surface area (Å²) in [6, 6.07) is 7.18. The highest BCUT2D eigenvalue weighted by Crippen LogP contribution is 2.66. The van der Waals surface area contributed by atoms with Crippen molar-refractivity contribution in [2.45, 2.75) is 94.4 Å². The Morgan fingerprint density at radius 2 is 1.65 bits per heavy atom. The number of amides is 2. The van der Waals surface area contributed by atoms with Crippen LogP contribution >= 0.6 is 0 Å². The van der Waals surface area contributed by atoms with Gasteiger partial charge in [0.2, 0.25) is 11.8 Å². The fraction of sp³-hybridized carbons (Fsp3) is 0.659. The van der Waals surface area contributed by atoms with Gasteiger partial charge >= 0.3 is 5.97 Å². The van der Waals surface area contributed by atoms with E-state index in [0.717, 1.165) is 51.3 Å². The summed E-state index contributed by atoms with van der Waals surface area (Å²) >= 11 is 0.